The first-order chi connectivity index (χ1) is 9.22. The van der Waals surface area contributed by atoms with Crippen LogP contribution in [0.4, 0.5) is 4.39 Å². The molecule has 2 rings (SSSR count). The molecule has 0 saturated heterocycles. The van der Waals surface area contributed by atoms with Crippen molar-refractivity contribution in [3.05, 3.63) is 58.6 Å². The van der Waals surface area contributed by atoms with Gasteiger partial charge in [-0.3, -0.25) is 4.98 Å². The molecule has 100 valence electrons. The van der Waals surface area contributed by atoms with Crippen LogP contribution in [0.1, 0.15) is 11.1 Å². The van der Waals surface area contributed by atoms with Crippen LogP contribution in [0.25, 0.3) is 0 Å². The van der Waals surface area contributed by atoms with Gasteiger partial charge in [-0.15, -0.1) is 0 Å². The maximum absolute atomic E-state index is 13.8. The van der Waals surface area contributed by atoms with Crippen molar-refractivity contribution in [3.8, 4) is 5.75 Å². The maximum Gasteiger partial charge on any atom is 0.165 e. The zero-order chi connectivity index (χ0) is 13.7. The van der Waals surface area contributed by atoms with E-state index in [-0.39, 0.29) is 12.4 Å². The molecule has 0 spiro atoms. The fourth-order valence-electron chi connectivity index (χ4n) is 1.74. The summed E-state index contributed by atoms with van der Waals surface area (Å²) in [5, 5.41) is 0.499. The van der Waals surface area contributed by atoms with Crippen LogP contribution in [0.5, 0.6) is 5.75 Å². The van der Waals surface area contributed by atoms with E-state index in [2.05, 4.69) is 4.98 Å². The second-order valence-corrected chi connectivity index (χ2v) is 4.43. The summed E-state index contributed by atoms with van der Waals surface area (Å²) in [5.74, 6) is -0.156. The van der Waals surface area contributed by atoms with Gasteiger partial charge in [0.05, 0.1) is 5.02 Å². The first-order valence-electron chi connectivity index (χ1n) is 5.91. The van der Waals surface area contributed by atoms with Crippen molar-refractivity contribution < 1.29 is 9.13 Å². The minimum atomic E-state index is -0.392. The van der Waals surface area contributed by atoms with E-state index < -0.39 is 5.82 Å². The average molecular weight is 281 g/mol. The summed E-state index contributed by atoms with van der Waals surface area (Å²) >= 11 is 5.97. The van der Waals surface area contributed by atoms with Crippen molar-refractivity contribution in [2.75, 3.05) is 6.54 Å². The first kappa shape index (κ1) is 13.8. The molecule has 2 N–H and O–H groups in total. The molecule has 1 aromatic heterocycles. The van der Waals surface area contributed by atoms with Crippen LogP contribution in [0.2, 0.25) is 5.02 Å². The van der Waals surface area contributed by atoms with Crippen LogP contribution in [0.15, 0.2) is 36.7 Å². The molecule has 1 heterocycles. The number of nitrogens with two attached hydrogens (primary N) is 1. The molecule has 0 aliphatic carbocycles. The molecule has 3 nitrogen and oxygen atoms in total. The second kappa shape index (κ2) is 6.50. The summed E-state index contributed by atoms with van der Waals surface area (Å²) in [7, 11) is 0. The summed E-state index contributed by atoms with van der Waals surface area (Å²) in [4.78, 5) is 3.89. The Morgan fingerprint density at radius 2 is 2.11 bits per heavy atom. The number of nitrogens with zero attached hydrogens (tertiary/aromatic N) is 1. The first-order valence-corrected chi connectivity index (χ1v) is 6.29. The highest BCUT2D eigenvalue weighted by Crippen LogP contribution is 2.25. The Balaban J connectivity index is 2.17. The predicted octanol–water partition coefficient (Wildman–Crippen LogP) is 2.95. The maximum atomic E-state index is 13.8. The Kier molecular flexibility index (Phi) is 4.71. The Labute approximate surface area is 116 Å². The molecule has 0 aliphatic rings. The molecular weight excluding hydrogens is 267 g/mol. The number of hydrogen-bond donors (Lipinski definition) is 1. The van der Waals surface area contributed by atoms with Gasteiger partial charge in [0.2, 0.25) is 0 Å². The van der Waals surface area contributed by atoms with Gasteiger partial charge in [0.25, 0.3) is 0 Å². The summed E-state index contributed by atoms with van der Waals surface area (Å²) in [6.07, 6.45) is 3.71. The molecule has 0 fully saturated rings. The third kappa shape index (κ3) is 3.43. The molecule has 0 radical (unpaired) electrons. The number of hydrogen-bond acceptors (Lipinski definition) is 3. The van der Waals surface area contributed by atoms with Crippen molar-refractivity contribution in [3.63, 3.8) is 0 Å². The molecule has 0 aliphatic heterocycles. The third-order valence-electron chi connectivity index (χ3n) is 2.69. The van der Waals surface area contributed by atoms with Crippen LogP contribution in [-0.4, -0.2) is 11.5 Å². The third-order valence-corrected chi connectivity index (χ3v) is 3.03. The van der Waals surface area contributed by atoms with Crippen LogP contribution < -0.4 is 10.5 Å². The molecule has 19 heavy (non-hydrogen) atoms. The van der Waals surface area contributed by atoms with E-state index in [0.29, 0.717) is 18.0 Å². The molecular formula is C14H14ClFN2O. The van der Waals surface area contributed by atoms with Gasteiger partial charge in [-0.25, -0.2) is 4.39 Å². The number of para-hydroxylation sites is 1. The summed E-state index contributed by atoms with van der Waals surface area (Å²) in [5.41, 5.74) is 7.02. The van der Waals surface area contributed by atoms with Crippen LogP contribution in [-0.2, 0) is 13.0 Å². The molecule has 0 unspecified atom stereocenters. The van der Waals surface area contributed by atoms with Crippen LogP contribution >= 0.6 is 11.6 Å². The van der Waals surface area contributed by atoms with Gasteiger partial charge in [0, 0.05) is 18.0 Å². The van der Waals surface area contributed by atoms with Gasteiger partial charge in [-0.2, -0.15) is 0 Å². The summed E-state index contributed by atoms with van der Waals surface area (Å²) < 4.78 is 19.3. The van der Waals surface area contributed by atoms with E-state index in [9.17, 15) is 4.39 Å². The normalized spacial score (nSPS) is 10.5. The topological polar surface area (TPSA) is 48.1 Å². The Hall–Kier alpha value is -1.65. The lowest BCUT2D eigenvalue weighted by Gasteiger charge is -2.12. The second-order valence-electron chi connectivity index (χ2n) is 4.02. The van der Waals surface area contributed by atoms with Crippen molar-refractivity contribution in [1.82, 2.24) is 4.98 Å². The Morgan fingerprint density at radius 3 is 2.84 bits per heavy atom. The van der Waals surface area contributed by atoms with Gasteiger partial charge in [0.15, 0.2) is 11.6 Å². The van der Waals surface area contributed by atoms with Crippen LogP contribution in [0.3, 0.4) is 0 Å². The average Bonchev–Trinajstić information content (AvgIpc) is 2.40. The standard InChI is InChI=1S/C14H14ClFN2O/c15-12-8-18-7-5-11(12)9-19-14-10(4-6-17)2-1-3-13(14)16/h1-3,5,7-8H,4,6,9,17H2. The molecule has 2 aromatic rings. The molecule has 0 bridgehead atoms. The van der Waals surface area contributed by atoms with E-state index in [4.69, 9.17) is 22.1 Å². The molecule has 1 aromatic carbocycles. The molecule has 0 saturated carbocycles. The van der Waals surface area contributed by atoms with Crippen molar-refractivity contribution in [2.45, 2.75) is 13.0 Å². The zero-order valence-corrected chi connectivity index (χ0v) is 11.0. The number of halogens is 2. The Morgan fingerprint density at radius 1 is 1.26 bits per heavy atom. The lowest BCUT2D eigenvalue weighted by molar-refractivity contribution is 0.287. The summed E-state index contributed by atoms with van der Waals surface area (Å²) in [6, 6.07) is 6.56. The number of pyridine rings is 1. The van der Waals surface area contributed by atoms with Gasteiger partial charge >= 0.3 is 0 Å². The number of aromatic nitrogens is 1. The highest BCUT2D eigenvalue weighted by molar-refractivity contribution is 6.31. The van der Waals surface area contributed by atoms with Crippen LogP contribution in [0, 0.1) is 5.82 Å². The van der Waals surface area contributed by atoms with E-state index in [1.807, 2.05) is 0 Å². The molecule has 5 heteroatoms. The number of benzene rings is 1. The smallest absolute Gasteiger partial charge is 0.165 e. The van der Waals surface area contributed by atoms with E-state index in [1.54, 1.807) is 24.4 Å². The predicted molar refractivity (Wildman–Crippen MR) is 72.7 cm³/mol. The van der Waals surface area contributed by atoms with Gasteiger partial charge in [-0.05, 0) is 30.7 Å². The minimum absolute atomic E-state index is 0.194. The largest absolute Gasteiger partial charge is 0.485 e. The fraction of sp³-hybridized carbons (Fsp3) is 0.214. The Bertz CT molecular complexity index is 563. The van der Waals surface area contributed by atoms with Crippen molar-refractivity contribution in [1.29, 1.82) is 0 Å². The highest BCUT2D eigenvalue weighted by atomic mass is 35.5. The highest BCUT2D eigenvalue weighted by Gasteiger charge is 2.10. The SMILES string of the molecule is NCCc1cccc(F)c1OCc1ccncc1Cl. The fourth-order valence-corrected chi connectivity index (χ4v) is 1.91. The van der Waals surface area contributed by atoms with E-state index in [0.717, 1.165) is 11.1 Å². The van der Waals surface area contributed by atoms with E-state index >= 15 is 0 Å². The number of ether oxygens (including phenoxy) is 1. The quantitative estimate of drug-likeness (QED) is 0.916. The van der Waals surface area contributed by atoms with Gasteiger partial charge in [0.1, 0.15) is 6.61 Å². The molecule has 0 amide bonds. The monoisotopic (exact) mass is 280 g/mol. The van der Waals surface area contributed by atoms with Gasteiger partial charge < -0.3 is 10.5 Å². The summed E-state index contributed by atoms with van der Waals surface area (Å²) in [6.45, 7) is 0.635. The minimum Gasteiger partial charge on any atom is -0.485 e. The number of rotatable bonds is 5. The zero-order valence-electron chi connectivity index (χ0n) is 10.3. The lowest BCUT2D eigenvalue weighted by atomic mass is 10.1. The lowest BCUT2D eigenvalue weighted by Crippen LogP contribution is -2.07. The molecule has 0 atom stereocenters. The van der Waals surface area contributed by atoms with Gasteiger partial charge in [-0.1, -0.05) is 23.7 Å². The van der Waals surface area contributed by atoms with Crippen molar-refractivity contribution >= 4 is 11.6 Å². The van der Waals surface area contributed by atoms with E-state index in [1.165, 1.54) is 12.3 Å². The van der Waals surface area contributed by atoms with Crippen molar-refractivity contribution in [2.24, 2.45) is 5.73 Å².